The molecule has 0 saturated carbocycles. The Bertz CT molecular complexity index is 375. The Labute approximate surface area is 76.2 Å². The summed E-state index contributed by atoms with van der Waals surface area (Å²) in [6, 6.07) is 7.29. The number of nitrogens with zero attached hydrogens (tertiary/aromatic N) is 1. The van der Waals surface area contributed by atoms with E-state index in [0.29, 0.717) is 5.76 Å². The molecular formula is C10H11NO2. The molecule has 0 radical (unpaired) electrons. The standard InChI is InChI=1S/C10H11NO2/c1-11-6-2-4-8(11)10(12)9-5-3-7-13-9/h2-7,10,12H,1H3/t10-/m0/s1. The highest BCUT2D eigenvalue weighted by Gasteiger charge is 2.14. The number of rotatable bonds is 2. The minimum absolute atomic E-state index is 0.571. The Morgan fingerprint density at radius 3 is 2.77 bits per heavy atom. The molecule has 2 heterocycles. The summed E-state index contributed by atoms with van der Waals surface area (Å²) in [5.41, 5.74) is 0.829. The number of aliphatic hydroxyl groups excluding tert-OH is 1. The molecule has 13 heavy (non-hydrogen) atoms. The molecule has 0 spiro atoms. The molecule has 1 atom stereocenters. The first-order valence-electron chi connectivity index (χ1n) is 4.12. The van der Waals surface area contributed by atoms with Gasteiger partial charge in [0.25, 0.3) is 0 Å². The molecule has 0 aromatic carbocycles. The van der Waals surface area contributed by atoms with Crippen molar-refractivity contribution in [1.29, 1.82) is 0 Å². The molecule has 0 amide bonds. The number of furan rings is 1. The first-order valence-corrected chi connectivity index (χ1v) is 4.12. The summed E-state index contributed by atoms with van der Waals surface area (Å²) in [5, 5.41) is 9.84. The van der Waals surface area contributed by atoms with Crippen molar-refractivity contribution in [3.8, 4) is 0 Å². The van der Waals surface area contributed by atoms with Crippen molar-refractivity contribution in [2.75, 3.05) is 0 Å². The van der Waals surface area contributed by atoms with E-state index in [-0.39, 0.29) is 0 Å². The maximum Gasteiger partial charge on any atom is 0.151 e. The molecule has 0 aliphatic rings. The zero-order valence-electron chi connectivity index (χ0n) is 7.34. The molecule has 0 unspecified atom stereocenters. The largest absolute Gasteiger partial charge is 0.466 e. The fourth-order valence-electron chi connectivity index (χ4n) is 1.35. The average molecular weight is 177 g/mol. The summed E-state index contributed by atoms with van der Waals surface area (Å²) in [6.07, 6.45) is 2.78. The summed E-state index contributed by atoms with van der Waals surface area (Å²) in [4.78, 5) is 0. The van der Waals surface area contributed by atoms with Crippen molar-refractivity contribution < 1.29 is 9.52 Å². The fraction of sp³-hybridized carbons (Fsp3) is 0.200. The van der Waals surface area contributed by atoms with E-state index in [1.165, 1.54) is 0 Å². The molecule has 0 bridgehead atoms. The van der Waals surface area contributed by atoms with Crippen LogP contribution in [0.5, 0.6) is 0 Å². The second-order valence-electron chi connectivity index (χ2n) is 2.96. The van der Waals surface area contributed by atoms with Gasteiger partial charge in [0.05, 0.1) is 12.0 Å². The van der Waals surface area contributed by atoms with Crippen molar-refractivity contribution in [2.24, 2.45) is 7.05 Å². The highest BCUT2D eigenvalue weighted by molar-refractivity contribution is 5.18. The highest BCUT2D eigenvalue weighted by atomic mass is 16.4. The van der Waals surface area contributed by atoms with Gasteiger partial charge in [0.1, 0.15) is 5.76 Å². The molecule has 2 rings (SSSR count). The van der Waals surface area contributed by atoms with Gasteiger partial charge in [-0.25, -0.2) is 0 Å². The van der Waals surface area contributed by atoms with E-state index >= 15 is 0 Å². The molecular weight excluding hydrogens is 166 g/mol. The van der Waals surface area contributed by atoms with Crippen molar-refractivity contribution in [3.05, 3.63) is 48.2 Å². The van der Waals surface area contributed by atoms with Crippen LogP contribution >= 0.6 is 0 Å². The maximum atomic E-state index is 9.84. The third kappa shape index (κ3) is 1.38. The maximum absolute atomic E-state index is 9.84. The number of hydrogen-bond acceptors (Lipinski definition) is 2. The first-order chi connectivity index (χ1) is 6.29. The smallest absolute Gasteiger partial charge is 0.151 e. The lowest BCUT2D eigenvalue weighted by molar-refractivity contribution is 0.181. The van der Waals surface area contributed by atoms with Gasteiger partial charge in [0.15, 0.2) is 6.10 Å². The van der Waals surface area contributed by atoms with E-state index in [1.54, 1.807) is 18.4 Å². The van der Waals surface area contributed by atoms with Crippen LogP contribution in [0, 0.1) is 0 Å². The monoisotopic (exact) mass is 177 g/mol. The normalized spacial score (nSPS) is 13.1. The Morgan fingerprint density at radius 2 is 2.23 bits per heavy atom. The zero-order valence-corrected chi connectivity index (χ0v) is 7.34. The van der Waals surface area contributed by atoms with Crippen molar-refractivity contribution in [3.63, 3.8) is 0 Å². The van der Waals surface area contributed by atoms with E-state index in [0.717, 1.165) is 5.69 Å². The van der Waals surface area contributed by atoms with Crippen LogP contribution in [0.4, 0.5) is 0 Å². The van der Waals surface area contributed by atoms with E-state index in [1.807, 2.05) is 29.9 Å². The lowest BCUT2D eigenvalue weighted by Gasteiger charge is -2.08. The molecule has 68 valence electrons. The highest BCUT2D eigenvalue weighted by Crippen LogP contribution is 2.21. The van der Waals surface area contributed by atoms with Crippen LogP contribution in [-0.2, 0) is 7.05 Å². The topological polar surface area (TPSA) is 38.3 Å². The third-order valence-corrected chi connectivity index (χ3v) is 2.08. The van der Waals surface area contributed by atoms with Gasteiger partial charge in [-0.3, -0.25) is 0 Å². The van der Waals surface area contributed by atoms with Crippen LogP contribution in [0.1, 0.15) is 17.6 Å². The number of aryl methyl sites for hydroxylation is 1. The molecule has 3 heteroatoms. The average Bonchev–Trinajstić information content (AvgIpc) is 2.72. The van der Waals surface area contributed by atoms with Gasteiger partial charge in [-0.1, -0.05) is 0 Å². The molecule has 2 aromatic heterocycles. The van der Waals surface area contributed by atoms with Crippen LogP contribution < -0.4 is 0 Å². The summed E-state index contributed by atoms with van der Waals surface area (Å²) in [5.74, 6) is 0.571. The van der Waals surface area contributed by atoms with Crippen molar-refractivity contribution in [2.45, 2.75) is 6.10 Å². The summed E-state index contributed by atoms with van der Waals surface area (Å²) in [7, 11) is 1.89. The zero-order chi connectivity index (χ0) is 9.26. The summed E-state index contributed by atoms with van der Waals surface area (Å²) < 4.78 is 6.98. The molecule has 2 aromatic rings. The van der Waals surface area contributed by atoms with Gasteiger partial charge in [-0.05, 0) is 24.3 Å². The van der Waals surface area contributed by atoms with Crippen LogP contribution in [0.25, 0.3) is 0 Å². The molecule has 1 N–H and O–H groups in total. The van der Waals surface area contributed by atoms with Gasteiger partial charge in [0.2, 0.25) is 0 Å². The molecule has 0 fully saturated rings. The lowest BCUT2D eigenvalue weighted by Crippen LogP contribution is -2.03. The minimum Gasteiger partial charge on any atom is -0.466 e. The van der Waals surface area contributed by atoms with Gasteiger partial charge in [-0.15, -0.1) is 0 Å². The quantitative estimate of drug-likeness (QED) is 0.758. The number of aromatic nitrogens is 1. The van der Waals surface area contributed by atoms with Gasteiger partial charge in [-0.2, -0.15) is 0 Å². The second kappa shape index (κ2) is 3.11. The van der Waals surface area contributed by atoms with Crippen LogP contribution in [0.2, 0.25) is 0 Å². The number of hydrogen-bond donors (Lipinski definition) is 1. The van der Waals surface area contributed by atoms with Crippen molar-refractivity contribution in [1.82, 2.24) is 4.57 Å². The SMILES string of the molecule is Cn1cccc1[C@H](O)c1ccco1. The predicted octanol–water partition coefficient (Wildman–Crippen LogP) is 1.70. The van der Waals surface area contributed by atoms with E-state index in [2.05, 4.69) is 0 Å². The van der Waals surface area contributed by atoms with Gasteiger partial charge < -0.3 is 14.1 Å². The summed E-state index contributed by atoms with van der Waals surface area (Å²) in [6.45, 7) is 0. The summed E-state index contributed by atoms with van der Waals surface area (Å²) >= 11 is 0. The Hall–Kier alpha value is -1.48. The van der Waals surface area contributed by atoms with E-state index in [9.17, 15) is 5.11 Å². The van der Waals surface area contributed by atoms with E-state index < -0.39 is 6.10 Å². The van der Waals surface area contributed by atoms with Gasteiger partial charge >= 0.3 is 0 Å². The Morgan fingerprint density at radius 1 is 1.38 bits per heavy atom. The first kappa shape index (κ1) is 8.13. The van der Waals surface area contributed by atoms with Crippen LogP contribution in [-0.4, -0.2) is 9.67 Å². The van der Waals surface area contributed by atoms with Crippen LogP contribution in [0.3, 0.4) is 0 Å². The Kier molecular flexibility index (Phi) is 1.94. The second-order valence-corrected chi connectivity index (χ2v) is 2.96. The third-order valence-electron chi connectivity index (χ3n) is 2.08. The molecule has 0 saturated heterocycles. The molecule has 0 aliphatic carbocycles. The fourth-order valence-corrected chi connectivity index (χ4v) is 1.35. The number of aliphatic hydroxyl groups is 1. The van der Waals surface area contributed by atoms with Crippen LogP contribution in [0.15, 0.2) is 41.1 Å². The van der Waals surface area contributed by atoms with E-state index in [4.69, 9.17) is 4.42 Å². The lowest BCUT2D eigenvalue weighted by atomic mass is 10.2. The Balaban J connectivity index is 2.33. The molecule has 0 aliphatic heterocycles. The van der Waals surface area contributed by atoms with Gasteiger partial charge in [0, 0.05) is 13.2 Å². The minimum atomic E-state index is -0.671. The molecule has 3 nitrogen and oxygen atoms in total. The predicted molar refractivity (Wildman–Crippen MR) is 48.2 cm³/mol. The van der Waals surface area contributed by atoms with Crippen molar-refractivity contribution >= 4 is 0 Å².